The molecule has 21 heavy (non-hydrogen) atoms. The zero-order valence-corrected chi connectivity index (χ0v) is 14.8. The molecule has 2 rings (SSSR count). The Kier molecular flexibility index (Phi) is 5.46. The first-order chi connectivity index (χ1) is 9.99. The first-order valence-electron chi connectivity index (χ1n) is 7.49. The highest BCUT2D eigenvalue weighted by atomic mass is 79.9. The fourth-order valence-electron chi connectivity index (χ4n) is 2.43. The maximum Gasteiger partial charge on any atom is 0.126 e. The molecule has 0 radical (unpaired) electrons. The van der Waals surface area contributed by atoms with Crippen LogP contribution in [0.5, 0.6) is 5.75 Å². The number of halogens is 1. The van der Waals surface area contributed by atoms with E-state index in [2.05, 4.69) is 74.0 Å². The zero-order chi connectivity index (χ0) is 15.4. The molecular formula is C19H23BrO. The van der Waals surface area contributed by atoms with E-state index in [1.165, 1.54) is 16.7 Å². The number of hydrogen-bond donors (Lipinski definition) is 0. The van der Waals surface area contributed by atoms with Gasteiger partial charge in [0.15, 0.2) is 0 Å². The fourth-order valence-corrected chi connectivity index (χ4v) is 2.88. The zero-order valence-electron chi connectivity index (χ0n) is 13.2. The second-order valence-corrected chi connectivity index (χ2v) is 6.91. The second kappa shape index (κ2) is 7.13. The van der Waals surface area contributed by atoms with Crippen molar-refractivity contribution >= 4 is 15.9 Å². The van der Waals surface area contributed by atoms with Crippen LogP contribution >= 0.6 is 15.9 Å². The molecule has 0 unspecified atom stereocenters. The van der Waals surface area contributed by atoms with Crippen molar-refractivity contribution in [1.82, 2.24) is 0 Å². The van der Waals surface area contributed by atoms with E-state index in [-0.39, 0.29) is 0 Å². The van der Waals surface area contributed by atoms with Crippen molar-refractivity contribution in [3.05, 3.63) is 63.6 Å². The first-order valence-corrected chi connectivity index (χ1v) is 8.28. The molecule has 0 spiro atoms. The normalized spacial score (nSPS) is 11.2. The Morgan fingerprint density at radius 3 is 2.00 bits per heavy atom. The average Bonchev–Trinajstić information content (AvgIpc) is 2.44. The highest BCUT2D eigenvalue weighted by Gasteiger charge is 2.15. The van der Waals surface area contributed by atoms with Gasteiger partial charge in [0.05, 0.1) is 0 Å². The highest BCUT2D eigenvalue weighted by molar-refractivity contribution is 9.10. The van der Waals surface area contributed by atoms with Crippen LogP contribution in [0.2, 0.25) is 0 Å². The van der Waals surface area contributed by atoms with Gasteiger partial charge < -0.3 is 4.74 Å². The maximum absolute atomic E-state index is 6.21. The van der Waals surface area contributed by atoms with Gasteiger partial charge in [-0.25, -0.2) is 0 Å². The molecule has 0 saturated carbocycles. The van der Waals surface area contributed by atoms with Crippen LogP contribution in [-0.4, -0.2) is 0 Å². The Bertz CT molecular complexity index is 576. The van der Waals surface area contributed by atoms with Crippen molar-refractivity contribution in [3.8, 4) is 5.75 Å². The van der Waals surface area contributed by atoms with Crippen LogP contribution in [-0.2, 0) is 6.61 Å². The molecule has 0 fully saturated rings. The van der Waals surface area contributed by atoms with E-state index in [0.29, 0.717) is 18.4 Å². The molecule has 0 saturated heterocycles. The lowest BCUT2D eigenvalue weighted by atomic mass is 9.94. The molecule has 0 bridgehead atoms. The van der Waals surface area contributed by atoms with Gasteiger partial charge in [0.25, 0.3) is 0 Å². The molecule has 2 aromatic rings. The Hall–Kier alpha value is -1.28. The van der Waals surface area contributed by atoms with Crippen molar-refractivity contribution < 1.29 is 4.74 Å². The summed E-state index contributed by atoms with van der Waals surface area (Å²) in [7, 11) is 0. The van der Waals surface area contributed by atoms with Crippen molar-refractivity contribution in [3.63, 3.8) is 0 Å². The first kappa shape index (κ1) is 16.1. The van der Waals surface area contributed by atoms with E-state index < -0.39 is 0 Å². The van der Waals surface area contributed by atoms with Crippen molar-refractivity contribution in [1.29, 1.82) is 0 Å². The Labute approximate surface area is 136 Å². The Morgan fingerprint density at radius 1 is 0.905 bits per heavy atom. The van der Waals surface area contributed by atoms with Crippen molar-refractivity contribution in [2.75, 3.05) is 0 Å². The van der Waals surface area contributed by atoms with Gasteiger partial charge in [0.2, 0.25) is 0 Å². The third-order valence-corrected chi connectivity index (χ3v) is 4.09. The van der Waals surface area contributed by atoms with Crippen LogP contribution in [0.1, 0.15) is 56.2 Å². The predicted octanol–water partition coefficient (Wildman–Crippen LogP) is 6.27. The monoisotopic (exact) mass is 346 g/mol. The van der Waals surface area contributed by atoms with Crippen LogP contribution in [0.4, 0.5) is 0 Å². The standard InChI is InChI=1S/C19H23BrO/c1-13(2)17-9-6-10-18(14(3)4)19(17)21-12-15-7-5-8-16(20)11-15/h5-11,13-14H,12H2,1-4H3. The van der Waals surface area contributed by atoms with Crippen LogP contribution < -0.4 is 4.74 Å². The molecule has 2 aromatic carbocycles. The number of para-hydroxylation sites is 1. The molecule has 0 aliphatic carbocycles. The van der Waals surface area contributed by atoms with E-state index in [1.807, 2.05) is 12.1 Å². The number of benzene rings is 2. The summed E-state index contributed by atoms with van der Waals surface area (Å²) in [5, 5.41) is 0. The van der Waals surface area contributed by atoms with Crippen LogP contribution in [0.25, 0.3) is 0 Å². The predicted molar refractivity (Wildman–Crippen MR) is 93.1 cm³/mol. The van der Waals surface area contributed by atoms with Gasteiger partial charge in [-0.3, -0.25) is 0 Å². The third kappa shape index (κ3) is 4.10. The molecule has 0 N–H and O–H groups in total. The van der Waals surface area contributed by atoms with Gasteiger partial charge in [-0.2, -0.15) is 0 Å². The van der Waals surface area contributed by atoms with E-state index in [0.717, 1.165) is 10.2 Å². The molecule has 0 aliphatic rings. The summed E-state index contributed by atoms with van der Waals surface area (Å²) in [5.41, 5.74) is 3.75. The summed E-state index contributed by atoms with van der Waals surface area (Å²) in [5.74, 6) is 1.98. The van der Waals surface area contributed by atoms with E-state index in [9.17, 15) is 0 Å². The summed E-state index contributed by atoms with van der Waals surface area (Å²) in [6.45, 7) is 9.45. The fraction of sp³-hybridized carbons (Fsp3) is 0.368. The maximum atomic E-state index is 6.21. The molecule has 0 aliphatic heterocycles. The summed E-state index contributed by atoms with van der Waals surface area (Å²) in [4.78, 5) is 0. The number of hydrogen-bond acceptors (Lipinski definition) is 1. The van der Waals surface area contributed by atoms with Crippen molar-refractivity contribution in [2.24, 2.45) is 0 Å². The van der Waals surface area contributed by atoms with Gasteiger partial charge in [-0.1, -0.05) is 74.0 Å². The van der Waals surface area contributed by atoms with E-state index >= 15 is 0 Å². The number of rotatable bonds is 5. The lowest BCUT2D eigenvalue weighted by Crippen LogP contribution is -2.04. The van der Waals surface area contributed by atoms with Crippen LogP contribution in [0, 0.1) is 0 Å². The van der Waals surface area contributed by atoms with Crippen LogP contribution in [0.3, 0.4) is 0 Å². The Morgan fingerprint density at radius 2 is 1.48 bits per heavy atom. The molecule has 0 aromatic heterocycles. The Balaban J connectivity index is 2.29. The molecule has 0 heterocycles. The minimum Gasteiger partial charge on any atom is -0.488 e. The topological polar surface area (TPSA) is 9.23 Å². The molecule has 0 atom stereocenters. The summed E-state index contributed by atoms with van der Waals surface area (Å²) in [6.07, 6.45) is 0. The van der Waals surface area contributed by atoms with Gasteiger partial charge in [0, 0.05) is 4.47 Å². The van der Waals surface area contributed by atoms with Crippen LogP contribution in [0.15, 0.2) is 46.9 Å². The number of ether oxygens (including phenoxy) is 1. The largest absolute Gasteiger partial charge is 0.488 e. The van der Waals surface area contributed by atoms with Gasteiger partial charge in [0.1, 0.15) is 12.4 Å². The lowest BCUT2D eigenvalue weighted by molar-refractivity contribution is 0.297. The quantitative estimate of drug-likeness (QED) is 0.619. The van der Waals surface area contributed by atoms with Gasteiger partial charge in [-0.15, -0.1) is 0 Å². The van der Waals surface area contributed by atoms with E-state index in [4.69, 9.17) is 4.74 Å². The minimum atomic E-state index is 0.459. The summed E-state index contributed by atoms with van der Waals surface area (Å²) < 4.78 is 7.30. The molecule has 2 heteroatoms. The summed E-state index contributed by atoms with van der Waals surface area (Å²) >= 11 is 3.51. The van der Waals surface area contributed by atoms with Crippen molar-refractivity contribution in [2.45, 2.75) is 46.1 Å². The molecule has 0 amide bonds. The van der Waals surface area contributed by atoms with E-state index in [1.54, 1.807) is 0 Å². The molecular weight excluding hydrogens is 324 g/mol. The SMILES string of the molecule is CC(C)c1cccc(C(C)C)c1OCc1cccc(Br)c1. The lowest BCUT2D eigenvalue weighted by Gasteiger charge is -2.20. The summed E-state index contributed by atoms with van der Waals surface area (Å²) in [6, 6.07) is 14.8. The van der Waals surface area contributed by atoms with Gasteiger partial charge >= 0.3 is 0 Å². The van der Waals surface area contributed by atoms with Gasteiger partial charge in [-0.05, 0) is 40.7 Å². The second-order valence-electron chi connectivity index (χ2n) is 5.99. The average molecular weight is 347 g/mol. The minimum absolute atomic E-state index is 0.459. The molecule has 1 nitrogen and oxygen atoms in total. The smallest absolute Gasteiger partial charge is 0.126 e. The third-order valence-electron chi connectivity index (χ3n) is 3.59. The molecule has 112 valence electrons. The highest BCUT2D eigenvalue weighted by Crippen LogP contribution is 2.35.